The zero-order valence-electron chi connectivity index (χ0n) is 6.53. The molecule has 1 aromatic heterocycles. The van der Waals surface area contributed by atoms with Gasteiger partial charge in [0, 0.05) is 19.6 Å². The van der Waals surface area contributed by atoms with Crippen LogP contribution in [-0.2, 0) is 6.54 Å². The summed E-state index contributed by atoms with van der Waals surface area (Å²) >= 11 is 1.24. The van der Waals surface area contributed by atoms with Crippen LogP contribution < -0.4 is 5.73 Å². The van der Waals surface area contributed by atoms with Crippen LogP contribution in [0, 0.1) is 0 Å². The molecule has 5 heteroatoms. The second-order valence-corrected chi connectivity index (χ2v) is 2.98. The van der Waals surface area contributed by atoms with Gasteiger partial charge in [-0.2, -0.15) is 8.75 Å². The summed E-state index contributed by atoms with van der Waals surface area (Å²) in [5.74, 6) is 0. The first-order chi connectivity index (χ1) is 5.33. The van der Waals surface area contributed by atoms with Gasteiger partial charge in [0.25, 0.3) is 0 Å². The molecule has 1 rings (SSSR count). The number of likely N-dealkylation sites (N-methyl/N-ethyl adjacent to an activating group) is 1. The summed E-state index contributed by atoms with van der Waals surface area (Å²) in [7, 11) is 2.02. The lowest BCUT2D eigenvalue weighted by Gasteiger charge is -2.12. The van der Waals surface area contributed by atoms with Gasteiger partial charge in [0.15, 0.2) is 0 Å². The van der Waals surface area contributed by atoms with Crippen molar-refractivity contribution < 1.29 is 0 Å². The Morgan fingerprint density at radius 1 is 1.73 bits per heavy atom. The van der Waals surface area contributed by atoms with Gasteiger partial charge in [-0.1, -0.05) is 0 Å². The summed E-state index contributed by atoms with van der Waals surface area (Å²) in [6.07, 6.45) is 1.79. The molecule has 0 aliphatic carbocycles. The molecule has 1 aromatic rings. The van der Waals surface area contributed by atoms with E-state index in [1.165, 1.54) is 11.7 Å². The number of nitrogens with zero attached hydrogens (tertiary/aromatic N) is 3. The zero-order valence-corrected chi connectivity index (χ0v) is 7.34. The third kappa shape index (κ3) is 2.92. The predicted octanol–water partition coefficient (Wildman–Crippen LogP) is -0.0714. The molecule has 2 N–H and O–H groups in total. The molecule has 0 atom stereocenters. The molecule has 0 saturated heterocycles. The van der Waals surface area contributed by atoms with Crippen LogP contribution in [-0.4, -0.2) is 33.8 Å². The molecule has 0 spiro atoms. The molecule has 4 nitrogen and oxygen atoms in total. The molecular formula is C6H12N4S. The van der Waals surface area contributed by atoms with Gasteiger partial charge < -0.3 is 5.73 Å². The average Bonchev–Trinajstić information content (AvgIpc) is 2.40. The van der Waals surface area contributed by atoms with Crippen molar-refractivity contribution in [2.24, 2.45) is 5.73 Å². The van der Waals surface area contributed by atoms with Gasteiger partial charge in [0.1, 0.15) is 0 Å². The summed E-state index contributed by atoms with van der Waals surface area (Å²) in [5.41, 5.74) is 6.40. The Balaban J connectivity index is 2.31. The van der Waals surface area contributed by atoms with Crippen molar-refractivity contribution >= 4 is 11.7 Å². The van der Waals surface area contributed by atoms with Crippen LogP contribution in [0.15, 0.2) is 6.20 Å². The Kier molecular flexibility index (Phi) is 3.41. The maximum atomic E-state index is 5.38. The number of hydrogen-bond acceptors (Lipinski definition) is 5. The second-order valence-electron chi connectivity index (χ2n) is 2.43. The lowest BCUT2D eigenvalue weighted by atomic mass is 10.4. The van der Waals surface area contributed by atoms with Crippen LogP contribution >= 0.6 is 11.7 Å². The van der Waals surface area contributed by atoms with Crippen LogP contribution in [0.5, 0.6) is 0 Å². The Morgan fingerprint density at radius 2 is 2.55 bits per heavy atom. The SMILES string of the molecule is CN(CCN)Cc1cnsn1. The van der Waals surface area contributed by atoms with Crippen LogP contribution in [0.25, 0.3) is 0 Å². The topological polar surface area (TPSA) is 55.0 Å². The Morgan fingerprint density at radius 3 is 3.09 bits per heavy atom. The predicted molar refractivity (Wildman–Crippen MR) is 45.3 cm³/mol. The quantitative estimate of drug-likeness (QED) is 0.690. The highest BCUT2D eigenvalue weighted by Gasteiger charge is 2.00. The molecule has 0 radical (unpaired) electrons. The van der Waals surface area contributed by atoms with Gasteiger partial charge in [-0.15, -0.1) is 0 Å². The smallest absolute Gasteiger partial charge is 0.0882 e. The Bertz CT molecular complexity index is 186. The standard InChI is InChI=1S/C6H12N4S/c1-10(3-2-7)5-6-4-8-11-9-6/h4H,2-3,5,7H2,1H3. The molecule has 0 aliphatic heterocycles. The van der Waals surface area contributed by atoms with Crippen molar-refractivity contribution in [1.29, 1.82) is 0 Å². The molecule has 0 aliphatic rings. The molecule has 1 heterocycles. The summed E-state index contributed by atoms with van der Waals surface area (Å²) in [6.45, 7) is 2.43. The molecule has 0 saturated carbocycles. The number of rotatable bonds is 4. The highest BCUT2D eigenvalue weighted by molar-refractivity contribution is 6.99. The number of hydrogen-bond donors (Lipinski definition) is 1. The number of aromatic nitrogens is 2. The third-order valence-corrected chi connectivity index (χ3v) is 1.87. The van der Waals surface area contributed by atoms with E-state index in [1.54, 1.807) is 6.20 Å². The molecule has 62 valence electrons. The molecule has 11 heavy (non-hydrogen) atoms. The lowest BCUT2D eigenvalue weighted by Crippen LogP contribution is -2.25. The summed E-state index contributed by atoms with van der Waals surface area (Å²) in [4.78, 5) is 2.12. The minimum Gasteiger partial charge on any atom is -0.329 e. The van der Waals surface area contributed by atoms with Crippen molar-refractivity contribution in [1.82, 2.24) is 13.6 Å². The van der Waals surface area contributed by atoms with Crippen molar-refractivity contribution in [3.8, 4) is 0 Å². The largest absolute Gasteiger partial charge is 0.329 e. The fourth-order valence-electron chi connectivity index (χ4n) is 0.830. The summed E-state index contributed by atoms with van der Waals surface area (Å²) in [6, 6.07) is 0. The maximum absolute atomic E-state index is 5.38. The number of nitrogens with two attached hydrogens (primary N) is 1. The van der Waals surface area contributed by atoms with E-state index in [4.69, 9.17) is 5.73 Å². The van der Waals surface area contributed by atoms with Crippen molar-refractivity contribution in [3.63, 3.8) is 0 Å². The van der Waals surface area contributed by atoms with E-state index in [0.29, 0.717) is 6.54 Å². The van der Waals surface area contributed by atoms with E-state index in [2.05, 4.69) is 13.6 Å². The van der Waals surface area contributed by atoms with E-state index in [-0.39, 0.29) is 0 Å². The molecule has 0 fully saturated rings. The molecule has 0 bridgehead atoms. The molecule has 0 amide bonds. The van der Waals surface area contributed by atoms with Gasteiger partial charge in [-0.05, 0) is 7.05 Å². The van der Waals surface area contributed by atoms with E-state index >= 15 is 0 Å². The minimum absolute atomic E-state index is 0.689. The fraction of sp³-hybridized carbons (Fsp3) is 0.667. The van der Waals surface area contributed by atoms with E-state index in [1.807, 2.05) is 7.05 Å². The van der Waals surface area contributed by atoms with Gasteiger partial charge >= 0.3 is 0 Å². The molecule has 0 unspecified atom stereocenters. The highest BCUT2D eigenvalue weighted by atomic mass is 32.1. The normalized spacial score (nSPS) is 10.8. The van der Waals surface area contributed by atoms with Gasteiger partial charge in [0.05, 0.1) is 23.6 Å². The van der Waals surface area contributed by atoms with Gasteiger partial charge in [0.2, 0.25) is 0 Å². The minimum atomic E-state index is 0.689. The first-order valence-corrected chi connectivity index (χ1v) is 4.21. The van der Waals surface area contributed by atoms with E-state index < -0.39 is 0 Å². The molecule has 0 aromatic carbocycles. The third-order valence-electron chi connectivity index (χ3n) is 1.35. The summed E-state index contributed by atoms with van der Waals surface area (Å²) < 4.78 is 7.99. The Labute approximate surface area is 70.4 Å². The van der Waals surface area contributed by atoms with Crippen molar-refractivity contribution in [3.05, 3.63) is 11.9 Å². The molecular weight excluding hydrogens is 160 g/mol. The van der Waals surface area contributed by atoms with Crippen LogP contribution in [0.1, 0.15) is 5.69 Å². The van der Waals surface area contributed by atoms with Crippen LogP contribution in [0.4, 0.5) is 0 Å². The average molecular weight is 172 g/mol. The van der Waals surface area contributed by atoms with Crippen LogP contribution in [0.2, 0.25) is 0 Å². The lowest BCUT2D eigenvalue weighted by molar-refractivity contribution is 0.333. The van der Waals surface area contributed by atoms with Crippen LogP contribution in [0.3, 0.4) is 0 Å². The van der Waals surface area contributed by atoms with E-state index in [0.717, 1.165) is 18.8 Å². The van der Waals surface area contributed by atoms with Crippen molar-refractivity contribution in [2.75, 3.05) is 20.1 Å². The summed E-state index contributed by atoms with van der Waals surface area (Å²) in [5, 5.41) is 0. The van der Waals surface area contributed by atoms with Crippen molar-refractivity contribution in [2.45, 2.75) is 6.54 Å². The first-order valence-electron chi connectivity index (χ1n) is 3.48. The monoisotopic (exact) mass is 172 g/mol. The van der Waals surface area contributed by atoms with E-state index in [9.17, 15) is 0 Å². The first kappa shape index (κ1) is 8.58. The maximum Gasteiger partial charge on any atom is 0.0882 e. The zero-order chi connectivity index (χ0) is 8.10. The Hall–Kier alpha value is -0.520. The fourth-order valence-corrected chi connectivity index (χ4v) is 1.26. The van der Waals surface area contributed by atoms with Gasteiger partial charge in [-0.25, -0.2) is 0 Å². The highest BCUT2D eigenvalue weighted by Crippen LogP contribution is 1.98. The second kappa shape index (κ2) is 4.38. The van der Waals surface area contributed by atoms with Gasteiger partial charge in [-0.3, -0.25) is 4.90 Å².